The standard InChI is InChI=1S/C12H10BrCl2NS/c1-6-4-10(17-12(6)13)11(16)8-3-2-7(14)5-9(8)15/h2-5,11H,16H2,1H3. The molecule has 0 amide bonds. The summed E-state index contributed by atoms with van der Waals surface area (Å²) in [6.45, 7) is 2.04. The first-order valence-electron chi connectivity index (χ1n) is 4.95. The van der Waals surface area contributed by atoms with Crippen LogP contribution in [0.3, 0.4) is 0 Å². The maximum Gasteiger partial charge on any atom is 0.0731 e. The Bertz CT molecular complexity index is 534. The maximum atomic E-state index is 6.21. The third kappa shape index (κ3) is 2.85. The van der Waals surface area contributed by atoms with Crippen molar-refractivity contribution in [1.82, 2.24) is 0 Å². The summed E-state index contributed by atoms with van der Waals surface area (Å²) in [5.74, 6) is 0. The topological polar surface area (TPSA) is 26.0 Å². The highest BCUT2D eigenvalue weighted by Gasteiger charge is 2.16. The molecule has 1 atom stereocenters. The van der Waals surface area contributed by atoms with Crippen molar-refractivity contribution in [3.8, 4) is 0 Å². The Morgan fingerprint density at radius 1 is 1.29 bits per heavy atom. The molecule has 0 bridgehead atoms. The number of hydrogen-bond donors (Lipinski definition) is 1. The fourth-order valence-electron chi connectivity index (χ4n) is 1.54. The van der Waals surface area contributed by atoms with Crippen molar-refractivity contribution >= 4 is 50.5 Å². The van der Waals surface area contributed by atoms with Gasteiger partial charge in [0.05, 0.1) is 9.83 Å². The Kier molecular flexibility index (Phi) is 4.16. The van der Waals surface area contributed by atoms with Crippen LogP contribution in [-0.4, -0.2) is 0 Å². The minimum atomic E-state index is -0.213. The Hall–Kier alpha value is -0.0600. The van der Waals surface area contributed by atoms with Crippen molar-refractivity contribution in [3.05, 3.63) is 54.1 Å². The summed E-state index contributed by atoms with van der Waals surface area (Å²) in [4.78, 5) is 1.08. The van der Waals surface area contributed by atoms with Crippen LogP contribution >= 0.6 is 50.5 Å². The molecule has 1 aromatic carbocycles. The fourth-order valence-corrected chi connectivity index (χ4v) is 3.66. The molecule has 5 heteroatoms. The highest BCUT2D eigenvalue weighted by atomic mass is 79.9. The van der Waals surface area contributed by atoms with Crippen LogP contribution in [0.1, 0.15) is 22.0 Å². The predicted molar refractivity (Wildman–Crippen MR) is 79.2 cm³/mol. The second kappa shape index (κ2) is 5.29. The average Bonchev–Trinajstić information content (AvgIpc) is 2.58. The Labute approximate surface area is 123 Å². The van der Waals surface area contributed by atoms with E-state index in [1.54, 1.807) is 23.5 Å². The first-order chi connectivity index (χ1) is 7.99. The molecule has 0 aliphatic heterocycles. The van der Waals surface area contributed by atoms with Crippen LogP contribution in [0.25, 0.3) is 0 Å². The van der Waals surface area contributed by atoms with Crippen LogP contribution in [0.4, 0.5) is 0 Å². The second-order valence-corrected chi connectivity index (χ2v) is 6.99. The van der Waals surface area contributed by atoms with Gasteiger partial charge in [-0.15, -0.1) is 11.3 Å². The van der Waals surface area contributed by atoms with Crippen LogP contribution in [0.2, 0.25) is 10.0 Å². The SMILES string of the molecule is Cc1cc(C(N)c2ccc(Cl)cc2Cl)sc1Br. The van der Waals surface area contributed by atoms with Crippen LogP contribution in [-0.2, 0) is 0 Å². The molecule has 1 unspecified atom stereocenters. The molecule has 1 aromatic heterocycles. The third-order valence-electron chi connectivity index (χ3n) is 2.48. The van der Waals surface area contributed by atoms with Gasteiger partial charge < -0.3 is 5.73 Å². The zero-order valence-electron chi connectivity index (χ0n) is 9.01. The maximum absolute atomic E-state index is 6.21. The molecule has 0 spiro atoms. The van der Waals surface area contributed by atoms with E-state index in [0.717, 1.165) is 14.2 Å². The van der Waals surface area contributed by atoms with Crippen molar-refractivity contribution in [2.24, 2.45) is 5.73 Å². The molecule has 0 saturated carbocycles. The van der Waals surface area contributed by atoms with Gasteiger partial charge in [-0.1, -0.05) is 29.3 Å². The number of hydrogen-bond acceptors (Lipinski definition) is 2. The minimum Gasteiger partial charge on any atom is -0.320 e. The molecule has 1 heterocycles. The Morgan fingerprint density at radius 2 is 2.00 bits per heavy atom. The summed E-state index contributed by atoms with van der Waals surface area (Å²) in [6, 6.07) is 7.25. The van der Waals surface area contributed by atoms with E-state index in [0.29, 0.717) is 10.0 Å². The van der Waals surface area contributed by atoms with Crippen LogP contribution in [0.5, 0.6) is 0 Å². The lowest BCUT2D eigenvalue weighted by Crippen LogP contribution is -2.10. The minimum absolute atomic E-state index is 0.213. The lowest BCUT2D eigenvalue weighted by Gasteiger charge is -2.12. The molecule has 2 rings (SSSR count). The molecular formula is C12H10BrCl2NS. The van der Waals surface area contributed by atoms with Gasteiger partial charge in [0.15, 0.2) is 0 Å². The van der Waals surface area contributed by atoms with Crippen molar-refractivity contribution in [1.29, 1.82) is 0 Å². The Balaban J connectivity index is 2.39. The van der Waals surface area contributed by atoms with Gasteiger partial charge in [-0.2, -0.15) is 0 Å². The lowest BCUT2D eigenvalue weighted by molar-refractivity contribution is 0.893. The van der Waals surface area contributed by atoms with Crippen LogP contribution in [0.15, 0.2) is 28.1 Å². The molecule has 0 radical (unpaired) electrons. The van der Waals surface area contributed by atoms with Gasteiger partial charge >= 0.3 is 0 Å². The molecule has 2 N–H and O–H groups in total. The zero-order chi connectivity index (χ0) is 12.6. The van der Waals surface area contributed by atoms with Crippen molar-refractivity contribution in [2.45, 2.75) is 13.0 Å². The van der Waals surface area contributed by atoms with E-state index in [9.17, 15) is 0 Å². The number of benzene rings is 1. The largest absolute Gasteiger partial charge is 0.320 e. The van der Waals surface area contributed by atoms with Crippen molar-refractivity contribution < 1.29 is 0 Å². The third-order valence-corrected chi connectivity index (χ3v) is 5.26. The quantitative estimate of drug-likeness (QED) is 0.793. The highest BCUT2D eigenvalue weighted by Crippen LogP contribution is 2.35. The smallest absolute Gasteiger partial charge is 0.0731 e. The van der Waals surface area contributed by atoms with Crippen LogP contribution < -0.4 is 5.73 Å². The van der Waals surface area contributed by atoms with Gasteiger partial charge in [0, 0.05) is 14.9 Å². The number of nitrogens with two attached hydrogens (primary N) is 1. The summed E-state index contributed by atoms with van der Waals surface area (Å²) < 4.78 is 1.10. The number of halogens is 3. The molecule has 0 fully saturated rings. The number of rotatable bonds is 2. The van der Waals surface area contributed by atoms with E-state index in [4.69, 9.17) is 28.9 Å². The first kappa shape index (κ1) is 13.4. The summed E-state index contributed by atoms with van der Waals surface area (Å²) in [5.41, 5.74) is 8.29. The molecule has 1 nitrogen and oxygen atoms in total. The molecular weight excluding hydrogens is 341 g/mol. The van der Waals surface area contributed by atoms with Gasteiger partial charge in [0.1, 0.15) is 0 Å². The molecule has 17 heavy (non-hydrogen) atoms. The number of aryl methyl sites for hydroxylation is 1. The van der Waals surface area contributed by atoms with Gasteiger partial charge in [0.2, 0.25) is 0 Å². The monoisotopic (exact) mass is 349 g/mol. The van der Waals surface area contributed by atoms with E-state index in [2.05, 4.69) is 22.0 Å². The van der Waals surface area contributed by atoms with Gasteiger partial charge in [-0.05, 0) is 52.2 Å². The average molecular weight is 351 g/mol. The van der Waals surface area contributed by atoms with E-state index < -0.39 is 0 Å². The molecule has 0 saturated heterocycles. The summed E-state index contributed by atoms with van der Waals surface area (Å²) in [6.07, 6.45) is 0. The lowest BCUT2D eigenvalue weighted by atomic mass is 10.1. The van der Waals surface area contributed by atoms with Crippen molar-refractivity contribution in [2.75, 3.05) is 0 Å². The summed E-state index contributed by atoms with van der Waals surface area (Å²) in [5, 5.41) is 1.22. The van der Waals surface area contributed by atoms with E-state index in [-0.39, 0.29) is 6.04 Å². The van der Waals surface area contributed by atoms with E-state index >= 15 is 0 Å². The zero-order valence-corrected chi connectivity index (χ0v) is 12.9. The molecule has 2 aromatic rings. The molecule has 0 aliphatic carbocycles. The summed E-state index contributed by atoms with van der Waals surface area (Å²) in [7, 11) is 0. The highest BCUT2D eigenvalue weighted by molar-refractivity contribution is 9.11. The first-order valence-corrected chi connectivity index (χ1v) is 7.32. The van der Waals surface area contributed by atoms with E-state index in [1.165, 1.54) is 5.56 Å². The van der Waals surface area contributed by atoms with Gasteiger partial charge in [-0.3, -0.25) is 0 Å². The van der Waals surface area contributed by atoms with E-state index in [1.807, 2.05) is 13.0 Å². The normalized spacial score (nSPS) is 12.8. The predicted octanol–water partition coefficient (Wildman–Crippen LogP) is 5.17. The Morgan fingerprint density at radius 3 is 2.53 bits per heavy atom. The molecule has 90 valence electrons. The molecule has 0 aliphatic rings. The van der Waals surface area contributed by atoms with Gasteiger partial charge in [0.25, 0.3) is 0 Å². The van der Waals surface area contributed by atoms with Gasteiger partial charge in [-0.25, -0.2) is 0 Å². The number of thiophene rings is 1. The van der Waals surface area contributed by atoms with Crippen LogP contribution in [0, 0.1) is 6.92 Å². The summed E-state index contributed by atoms with van der Waals surface area (Å²) >= 11 is 17.1. The fraction of sp³-hybridized carbons (Fsp3) is 0.167. The van der Waals surface area contributed by atoms with Crippen molar-refractivity contribution in [3.63, 3.8) is 0 Å². The second-order valence-electron chi connectivity index (χ2n) is 3.75.